The Morgan fingerprint density at radius 2 is 1.50 bits per heavy atom. The zero-order chi connectivity index (χ0) is 12.2. The van der Waals surface area contributed by atoms with Crippen molar-refractivity contribution in [3.05, 3.63) is 66.2 Å². The van der Waals surface area contributed by atoms with Gasteiger partial charge in [-0.15, -0.1) is 0 Å². The van der Waals surface area contributed by atoms with Crippen LogP contribution in [-0.4, -0.2) is 13.1 Å². The Hall–Kier alpha value is -1.80. The summed E-state index contributed by atoms with van der Waals surface area (Å²) >= 11 is 0. The van der Waals surface area contributed by atoms with Crippen molar-refractivity contribution in [2.24, 2.45) is 5.92 Å². The minimum absolute atomic E-state index is 0.148. The number of hydrogen-bond donors (Lipinski definition) is 1. The predicted molar refractivity (Wildman–Crippen MR) is 72.6 cm³/mol. The molecule has 2 aromatic rings. The molecule has 3 rings (SSSR count). The normalized spacial score (nSPS) is 16.9. The highest BCUT2D eigenvalue weighted by Crippen LogP contribution is 2.30. The lowest BCUT2D eigenvalue weighted by Crippen LogP contribution is -2.46. The summed E-state index contributed by atoms with van der Waals surface area (Å²) in [5, 5.41) is 3.32. The molecule has 2 nitrogen and oxygen atoms in total. The van der Waals surface area contributed by atoms with Crippen LogP contribution in [0.25, 0.3) is 0 Å². The molecule has 0 radical (unpaired) electrons. The Morgan fingerprint density at radius 3 is 2.06 bits per heavy atom. The zero-order valence-corrected chi connectivity index (χ0v) is 10.3. The molecule has 1 N–H and O–H groups in total. The van der Waals surface area contributed by atoms with E-state index in [1.165, 1.54) is 5.56 Å². The van der Waals surface area contributed by atoms with Crippen LogP contribution in [0.5, 0.6) is 5.75 Å². The number of benzene rings is 2. The van der Waals surface area contributed by atoms with Gasteiger partial charge in [-0.25, -0.2) is 0 Å². The fourth-order valence-corrected chi connectivity index (χ4v) is 2.25. The molecule has 1 fully saturated rings. The summed E-state index contributed by atoms with van der Waals surface area (Å²) in [6.45, 7) is 2.07. The minimum atomic E-state index is 0.148. The third kappa shape index (κ3) is 2.39. The van der Waals surface area contributed by atoms with Gasteiger partial charge in [-0.3, -0.25) is 0 Å². The third-order valence-electron chi connectivity index (χ3n) is 3.38. The lowest BCUT2D eigenvalue weighted by molar-refractivity contribution is 0.0993. The van der Waals surface area contributed by atoms with Crippen LogP contribution >= 0.6 is 0 Å². The quantitative estimate of drug-likeness (QED) is 0.885. The molecule has 0 aromatic heterocycles. The van der Waals surface area contributed by atoms with Crippen molar-refractivity contribution in [1.82, 2.24) is 5.32 Å². The first-order valence-electron chi connectivity index (χ1n) is 6.41. The molecule has 1 atom stereocenters. The van der Waals surface area contributed by atoms with Gasteiger partial charge in [-0.1, -0.05) is 48.5 Å². The Labute approximate surface area is 108 Å². The van der Waals surface area contributed by atoms with Gasteiger partial charge >= 0.3 is 0 Å². The SMILES string of the molecule is c1ccc(O[C@H](c2ccccc2)C2CNC2)cc1. The maximum atomic E-state index is 6.16. The molecule has 1 aliphatic rings. The summed E-state index contributed by atoms with van der Waals surface area (Å²) < 4.78 is 6.16. The summed E-state index contributed by atoms with van der Waals surface area (Å²) in [5.74, 6) is 1.51. The van der Waals surface area contributed by atoms with Crippen molar-refractivity contribution in [1.29, 1.82) is 0 Å². The number of ether oxygens (including phenoxy) is 1. The summed E-state index contributed by atoms with van der Waals surface area (Å²) in [6, 6.07) is 20.5. The highest BCUT2D eigenvalue weighted by Gasteiger charge is 2.29. The average Bonchev–Trinajstić information content (AvgIpc) is 2.38. The van der Waals surface area contributed by atoms with E-state index < -0.39 is 0 Å². The second-order valence-corrected chi connectivity index (χ2v) is 4.68. The molecule has 0 bridgehead atoms. The molecule has 0 spiro atoms. The average molecular weight is 239 g/mol. The Morgan fingerprint density at radius 1 is 0.889 bits per heavy atom. The van der Waals surface area contributed by atoms with Crippen LogP contribution in [0.3, 0.4) is 0 Å². The van der Waals surface area contributed by atoms with Gasteiger partial charge in [-0.2, -0.15) is 0 Å². The first-order chi connectivity index (χ1) is 8.93. The van der Waals surface area contributed by atoms with E-state index >= 15 is 0 Å². The van der Waals surface area contributed by atoms with E-state index in [1.54, 1.807) is 0 Å². The molecule has 2 aromatic carbocycles. The van der Waals surface area contributed by atoms with Crippen LogP contribution < -0.4 is 10.1 Å². The second kappa shape index (κ2) is 5.23. The molecule has 92 valence electrons. The number of hydrogen-bond acceptors (Lipinski definition) is 2. The molecule has 1 heterocycles. The minimum Gasteiger partial charge on any atom is -0.485 e. The van der Waals surface area contributed by atoms with E-state index in [1.807, 2.05) is 36.4 Å². The second-order valence-electron chi connectivity index (χ2n) is 4.68. The number of para-hydroxylation sites is 1. The van der Waals surface area contributed by atoms with Gasteiger partial charge in [0.15, 0.2) is 0 Å². The van der Waals surface area contributed by atoms with Crippen LogP contribution in [0.15, 0.2) is 60.7 Å². The van der Waals surface area contributed by atoms with Crippen LogP contribution in [-0.2, 0) is 0 Å². The standard InChI is InChI=1S/C16H17NO/c1-3-7-13(8-4-1)16(14-11-17-12-14)18-15-9-5-2-6-10-15/h1-10,14,16-17H,11-12H2/t16-/m1/s1. The van der Waals surface area contributed by atoms with Crippen molar-refractivity contribution in [2.75, 3.05) is 13.1 Å². The molecular weight excluding hydrogens is 222 g/mol. The molecule has 2 heteroatoms. The summed E-state index contributed by atoms with van der Waals surface area (Å²) in [4.78, 5) is 0. The van der Waals surface area contributed by atoms with Crippen molar-refractivity contribution < 1.29 is 4.74 Å². The fraction of sp³-hybridized carbons (Fsp3) is 0.250. The van der Waals surface area contributed by atoms with E-state index in [9.17, 15) is 0 Å². The van der Waals surface area contributed by atoms with Crippen LogP contribution in [0, 0.1) is 5.92 Å². The van der Waals surface area contributed by atoms with Crippen molar-refractivity contribution in [3.63, 3.8) is 0 Å². The first-order valence-corrected chi connectivity index (χ1v) is 6.41. The predicted octanol–water partition coefficient (Wildman–Crippen LogP) is 3.03. The maximum Gasteiger partial charge on any atom is 0.129 e. The van der Waals surface area contributed by atoms with Crippen molar-refractivity contribution in [2.45, 2.75) is 6.10 Å². The van der Waals surface area contributed by atoms with Gasteiger partial charge in [-0.05, 0) is 17.7 Å². The lowest BCUT2D eigenvalue weighted by Gasteiger charge is -2.35. The van der Waals surface area contributed by atoms with Gasteiger partial charge in [0.05, 0.1) is 0 Å². The van der Waals surface area contributed by atoms with E-state index in [0.717, 1.165) is 18.8 Å². The first kappa shape index (κ1) is 11.3. The summed E-state index contributed by atoms with van der Waals surface area (Å²) in [6.07, 6.45) is 0.148. The van der Waals surface area contributed by atoms with E-state index in [0.29, 0.717) is 5.92 Å². The molecule has 0 aliphatic carbocycles. The fourth-order valence-electron chi connectivity index (χ4n) is 2.25. The highest BCUT2D eigenvalue weighted by atomic mass is 16.5. The zero-order valence-electron chi connectivity index (χ0n) is 10.3. The molecule has 0 unspecified atom stereocenters. The molecule has 0 amide bonds. The monoisotopic (exact) mass is 239 g/mol. The van der Waals surface area contributed by atoms with Gasteiger partial charge < -0.3 is 10.1 Å². The smallest absolute Gasteiger partial charge is 0.129 e. The largest absolute Gasteiger partial charge is 0.485 e. The molecule has 18 heavy (non-hydrogen) atoms. The highest BCUT2D eigenvalue weighted by molar-refractivity contribution is 5.25. The third-order valence-corrected chi connectivity index (χ3v) is 3.38. The molecule has 0 saturated carbocycles. The summed E-state index contributed by atoms with van der Waals surface area (Å²) in [5.41, 5.74) is 1.26. The van der Waals surface area contributed by atoms with E-state index in [2.05, 4.69) is 29.6 Å². The van der Waals surface area contributed by atoms with Crippen molar-refractivity contribution >= 4 is 0 Å². The van der Waals surface area contributed by atoms with Crippen molar-refractivity contribution in [3.8, 4) is 5.75 Å². The lowest BCUT2D eigenvalue weighted by atomic mass is 9.91. The molecule has 1 aliphatic heterocycles. The Bertz CT molecular complexity index is 479. The van der Waals surface area contributed by atoms with Crippen LogP contribution in [0.4, 0.5) is 0 Å². The van der Waals surface area contributed by atoms with Gasteiger partial charge in [0.1, 0.15) is 11.9 Å². The topological polar surface area (TPSA) is 21.3 Å². The van der Waals surface area contributed by atoms with Gasteiger partial charge in [0.25, 0.3) is 0 Å². The molecule has 1 saturated heterocycles. The van der Waals surface area contributed by atoms with Crippen LogP contribution in [0.2, 0.25) is 0 Å². The van der Waals surface area contributed by atoms with Gasteiger partial charge in [0, 0.05) is 19.0 Å². The number of rotatable bonds is 4. The number of nitrogens with one attached hydrogen (secondary N) is 1. The van der Waals surface area contributed by atoms with E-state index in [-0.39, 0.29) is 6.10 Å². The molecular formula is C16H17NO. The van der Waals surface area contributed by atoms with Crippen LogP contribution in [0.1, 0.15) is 11.7 Å². The Balaban J connectivity index is 1.82. The van der Waals surface area contributed by atoms with E-state index in [4.69, 9.17) is 4.74 Å². The summed E-state index contributed by atoms with van der Waals surface area (Å²) in [7, 11) is 0. The Kier molecular flexibility index (Phi) is 3.29. The van der Waals surface area contributed by atoms with Gasteiger partial charge in [0.2, 0.25) is 0 Å². The maximum absolute atomic E-state index is 6.16.